The van der Waals surface area contributed by atoms with Crippen LogP contribution in [0, 0.1) is 10.1 Å². The van der Waals surface area contributed by atoms with Crippen molar-refractivity contribution in [3.63, 3.8) is 0 Å². The van der Waals surface area contributed by atoms with Crippen molar-refractivity contribution >= 4 is 5.69 Å². The van der Waals surface area contributed by atoms with Crippen LogP contribution in [0.3, 0.4) is 0 Å². The highest BCUT2D eigenvalue weighted by Gasteiger charge is 2.19. The van der Waals surface area contributed by atoms with E-state index in [0.29, 0.717) is 17.2 Å². The maximum atomic E-state index is 11.3. The number of hydrogen-bond donors (Lipinski definition) is 1. The maximum absolute atomic E-state index is 11.3. The lowest BCUT2D eigenvalue weighted by atomic mass is 10.1. The van der Waals surface area contributed by atoms with Crippen LogP contribution >= 0.6 is 0 Å². The molecule has 0 amide bonds. The van der Waals surface area contributed by atoms with Crippen molar-refractivity contribution in [2.75, 3.05) is 0 Å². The number of rotatable bonds is 5. The van der Waals surface area contributed by atoms with E-state index < -0.39 is 4.92 Å². The van der Waals surface area contributed by atoms with Crippen LogP contribution in [0.2, 0.25) is 0 Å². The van der Waals surface area contributed by atoms with Gasteiger partial charge < -0.3 is 4.74 Å². The zero-order valence-electron chi connectivity index (χ0n) is 13.1. The van der Waals surface area contributed by atoms with E-state index in [9.17, 15) is 10.1 Å². The van der Waals surface area contributed by atoms with Gasteiger partial charge in [0.2, 0.25) is 0 Å². The van der Waals surface area contributed by atoms with Gasteiger partial charge in [-0.1, -0.05) is 0 Å². The molecule has 0 atom stereocenters. The Morgan fingerprint density at radius 1 is 1.17 bits per heavy atom. The Hall–Kier alpha value is -3.29. The Morgan fingerprint density at radius 2 is 1.92 bits per heavy atom. The second kappa shape index (κ2) is 6.45. The Balaban J connectivity index is 1.97. The summed E-state index contributed by atoms with van der Waals surface area (Å²) in [6.07, 6.45) is 3.14. The lowest BCUT2D eigenvalue weighted by Gasteiger charge is -2.10. The van der Waals surface area contributed by atoms with E-state index in [-0.39, 0.29) is 17.5 Å². The first-order chi connectivity index (χ1) is 11.5. The summed E-state index contributed by atoms with van der Waals surface area (Å²) in [5.74, 6) is 1.17. The second-order valence-corrected chi connectivity index (χ2v) is 5.35. The van der Waals surface area contributed by atoms with Crippen molar-refractivity contribution in [3.8, 4) is 28.5 Å². The first kappa shape index (κ1) is 15.6. The Labute approximate surface area is 137 Å². The standard InChI is InChI=1S/C16H15N5O3/c1-10(2)24-14-4-3-12(9-13(14)21(22)23)16-18-15(19-20-16)11-5-7-17-8-6-11/h3-10H,1-2H3,(H,18,19,20). The zero-order chi connectivity index (χ0) is 17.1. The van der Waals surface area contributed by atoms with Gasteiger partial charge in [-0.3, -0.25) is 20.2 Å². The van der Waals surface area contributed by atoms with Gasteiger partial charge in [-0.25, -0.2) is 4.98 Å². The fraction of sp³-hybridized carbons (Fsp3) is 0.188. The van der Waals surface area contributed by atoms with Crippen LogP contribution in [0.15, 0.2) is 42.7 Å². The van der Waals surface area contributed by atoms with Crippen LogP contribution in [-0.2, 0) is 0 Å². The third-order valence-electron chi connectivity index (χ3n) is 3.22. The maximum Gasteiger partial charge on any atom is 0.311 e. The first-order valence-electron chi connectivity index (χ1n) is 7.33. The largest absolute Gasteiger partial charge is 0.484 e. The number of benzene rings is 1. The van der Waals surface area contributed by atoms with Gasteiger partial charge >= 0.3 is 5.69 Å². The highest BCUT2D eigenvalue weighted by atomic mass is 16.6. The molecule has 2 aromatic heterocycles. The van der Waals surface area contributed by atoms with Crippen LogP contribution < -0.4 is 4.74 Å². The molecule has 2 heterocycles. The number of nitrogens with one attached hydrogen (secondary N) is 1. The molecule has 0 fully saturated rings. The summed E-state index contributed by atoms with van der Waals surface area (Å²) in [5.41, 5.74) is 1.26. The molecular weight excluding hydrogens is 310 g/mol. The third-order valence-corrected chi connectivity index (χ3v) is 3.22. The van der Waals surface area contributed by atoms with Gasteiger partial charge in [-0.05, 0) is 38.1 Å². The quantitative estimate of drug-likeness (QED) is 0.570. The van der Waals surface area contributed by atoms with Gasteiger partial charge in [-0.2, -0.15) is 5.10 Å². The normalized spacial score (nSPS) is 10.8. The number of nitro groups is 1. The molecule has 0 spiro atoms. The molecule has 3 rings (SSSR count). The lowest BCUT2D eigenvalue weighted by Crippen LogP contribution is -2.07. The summed E-state index contributed by atoms with van der Waals surface area (Å²) >= 11 is 0. The molecule has 24 heavy (non-hydrogen) atoms. The number of aromatic amines is 1. The minimum absolute atomic E-state index is 0.108. The molecule has 8 heteroatoms. The monoisotopic (exact) mass is 325 g/mol. The molecule has 0 aliphatic carbocycles. The zero-order valence-corrected chi connectivity index (χ0v) is 13.1. The van der Waals surface area contributed by atoms with Crippen molar-refractivity contribution in [3.05, 3.63) is 52.8 Å². The summed E-state index contributed by atoms with van der Waals surface area (Å²) in [6.45, 7) is 3.63. The predicted molar refractivity (Wildman–Crippen MR) is 87.5 cm³/mol. The summed E-state index contributed by atoms with van der Waals surface area (Å²) in [4.78, 5) is 19.1. The van der Waals surface area contributed by atoms with E-state index in [2.05, 4.69) is 20.2 Å². The van der Waals surface area contributed by atoms with Gasteiger partial charge in [0, 0.05) is 29.6 Å². The Bertz CT molecular complexity index is 861. The van der Waals surface area contributed by atoms with Gasteiger partial charge in [0.1, 0.15) is 0 Å². The number of aromatic nitrogens is 4. The molecule has 0 saturated heterocycles. The van der Waals surface area contributed by atoms with Gasteiger partial charge in [-0.15, -0.1) is 0 Å². The number of ether oxygens (including phenoxy) is 1. The van der Waals surface area contributed by atoms with E-state index in [0.717, 1.165) is 5.56 Å². The van der Waals surface area contributed by atoms with Crippen molar-refractivity contribution in [1.82, 2.24) is 20.2 Å². The summed E-state index contributed by atoms with van der Waals surface area (Å²) in [6, 6.07) is 8.28. The van der Waals surface area contributed by atoms with Gasteiger partial charge in [0.05, 0.1) is 11.0 Å². The molecule has 0 saturated carbocycles. The predicted octanol–water partition coefficient (Wildman–Crippen LogP) is 3.23. The molecule has 122 valence electrons. The van der Waals surface area contributed by atoms with Crippen LogP contribution in [0.1, 0.15) is 13.8 Å². The Morgan fingerprint density at radius 3 is 2.58 bits per heavy atom. The molecule has 0 aliphatic heterocycles. The highest BCUT2D eigenvalue weighted by molar-refractivity contribution is 5.65. The lowest BCUT2D eigenvalue weighted by molar-refractivity contribution is -0.386. The SMILES string of the molecule is CC(C)Oc1ccc(-c2nc(-c3ccncc3)n[nH]2)cc1[N+](=O)[O-]. The van der Waals surface area contributed by atoms with E-state index in [1.807, 2.05) is 13.8 Å². The fourth-order valence-electron chi connectivity index (χ4n) is 2.18. The Kier molecular flexibility index (Phi) is 4.19. The molecule has 0 aliphatic rings. The van der Waals surface area contributed by atoms with Crippen LogP contribution in [0.4, 0.5) is 5.69 Å². The molecule has 1 aromatic carbocycles. The summed E-state index contributed by atoms with van der Waals surface area (Å²) < 4.78 is 5.48. The molecular formula is C16H15N5O3. The average Bonchev–Trinajstić information content (AvgIpc) is 3.05. The fourth-order valence-corrected chi connectivity index (χ4v) is 2.18. The molecule has 1 N–H and O–H groups in total. The van der Waals surface area contributed by atoms with E-state index in [1.54, 1.807) is 36.7 Å². The van der Waals surface area contributed by atoms with Gasteiger partial charge in [0.15, 0.2) is 17.4 Å². The summed E-state index contributed by atoms with van der Waals surface area (Å²) in [7, 11) is 0. The number of H-pyrrole nitrogens is 1. The third kappa shape index (κ3) is 3.22. The molecule has 8 nitrogen and oxygen atoms in total. The minimum Gasteiger partial charge on any atom is -0.484 e. The number of pyridine rings is 1. The van der Waals surface area contributed by atoms with Crippen LogP contribution in [0.25, 0.3) is 22.8 Å². The molecule has 3 aromatic rings. The van der Waals surface area contributed by atoms with E-state index >= 15 is 0 Å². The number of nitro benzene ring substituents is 1. The number of hydrogen-bond acceptors (Lipinski definition) is 6. The molecule has 0 radical (unpaired) electrons. The van der Waals surface area contributed by atoms with E-state index in [4.69, 9.17) is 4.74 Å². The first-order valence-corrected chi connectivity index (χ1v) is 7.33. The molecule has 0 unspecified atom stereocenters. The van der Waals surface area contributed by atoms with E-state index in [1.165, 1.54) is 6.07 Å². The molecule has 0 bridgehead atoms. The average molecular weight is 325 g/mol. The smallest absolute Gasteiger partial charge is 0.311 e. The second-order valence-electron chi connectivity index (χ2n) is 5.35. The van der Waals surface area contributed by atoms with Crippen molar-refractivity contribution in [2.24, 2.45) is 0 Å². The van der Waals surface area contributed by atoms with Crippen LogP contribution in [0.5, 0.6) is 5.75 Å². The van der Waals surface area contributed by atoms with Crippen molar-refractivity contribution in [1.29, 1.82) is 0 Å². The minimum atomic E-state index is -0.471. The topological polar surface area (TPSA) is 107 Å². The highest BCUT2D eigenvalue weighted by Crippen LogP contribution is 2.32. The van der Waals surface area contributed by atoms with Gasteiger partial charge in [0.25, 0.3) is 0 Å². The van der Waals surface area contributed by atoms with Crippen LogP contribution in [-0.4, -0.2) is 31.2 Å². The summed E-state index contributed by atoms with van der Waals surface area (Å²) in [5, 5.41) is 18.2. The van der Waals surface area contributed by atoms with Crippen molar-refractivity contribution in [2.45, 2.75) is 20.0 Å². The number of nitrogens with zero attached hydrogens (tertiary/aromatic N) is 4. The van der Waals surface area contributed by atoms with Crippen molar-refractivity contribution < 1.29 is 9.66 Å².